The summed E-state index contributed by atoms with van der Waals surface area (Å²) in [5.74, 6) is 0.744. The average Bonchev–Trinajstić information content (AvgIpc) is 2.66. The number of amides is 1. The summed E-state index contributed by atoms with van der Waals surface area (Å²) in [6.45, 7) is 7.05. The van der Waals surface area contributed by atoms with E-state index < -0.39 is 0 Å². The molecule has 0 fully saturated rings. The zero-order valence-electron chi connectivity index (χ0n) is 12.2. The van der Waals surface area contributed by atoms with Gasteiger partial charge in [0.2, 0.25) is 0 Å². The lowest BCUT2D eigenvalue weighted by molar-refractivity contribution is 0.0956. The quantitative estimate of drug-likeness (QED) is 0.719. The fraction of sp³-hybridized carbons (Fsp3) is 0.714. The third kappa shape index (κ3) is 6.05. The predicted octanol–water partition coefficient (Wildman–Crippen LogP) is 3.37. The van der Waals surface area contributed by atoms with E-state index in [0.717, 1.165) is 24.6 Å². The standard InChI is InChI=1S/C14H25N3OS/c1-10(2)8-6-4-5-7-9-16-13(18)12-11(3)17-14(15)19-12/h10H,4-9H2,1-3H3,(H2,15,17)(H,16,18). The Morgan fingerprint density at radius 2 is 2.00 bits per heavy atom. The Morgan fingerprint density at radius 1 is 1.32 bits per heavy atom. The largest absolute Gasteiger partial charge is 0.375 e. The van der Waals surface area contributed by atoms with Crippen molar-refractivity contribution in [2.45, 2.75) is 52.9 Å². The van der Waals surface area contributed by atoms with Crippen molar-refractivity contribution in [1.82, 2.24) is 10.3 Å². The van der Waals surface area contributed by atoms with Crippen LogP contribution in [-0.4, -0.2) is 17.4 Å². The first-order valence-electron chi connectivity index (χ1n) is 7.01. The zero-order valence-corrected chi connectivity index (χ0v) is 13.0. The predicted molar refractivity (Wildman–Crippen MR) is 81.5 cm³/mol. The number of nitrogens with one attached hydrogen (secondary N) is 1. The first-order chi connectivity index (χ1) is 9.00. The number of nitrogen functional groups attached to an aromatic ring is 1. The molecule has 0 saturated heterocycles. The van der Waals surface area contributed by atoms with E-state index in [1.807, 2.05) is 6.92 Å². The molecule has 0 unspecified atom stereocenters. The summed E-state index contributed by atoms with van der Waals surface area (Å²) in [5.41, 5.74) is 6.30. The van der Waals surface area contributed by atoms with Crippen molar-refractivity contribution in [3.8, 4) is 0 Å². The maximum Gasteiger partial charge on any atom is 0.263 e. The number of unbranched alkanes of at least 4 members (excludes halogenated alkanes) is 3. The molecular formula is C14H25N3OS. The summed E-state index contributed by atoms with van der Waals surface area (Å²) in [6.07, 6.45) is 6.05. The van der Waals surface area contributed by atoms with Crippen LogP contribution in [0.2, 0.25) is 0 Å². The summed E-state index contributed by atoms with van der Waals surface area (Å²) >= 11 is 1.25. The van der Waals surface area contributed by atoms with Crippen LogP contribution in [0.15, 0.2) is 0 Å². The number of thiazole rings is 1. The van der Waals surface area contributed by atoms with E-state index in [9.17, 15) is 4.79 Å². The molecule has 0 aliphatic heterocycles. The lowest BCUT2D eigenvalue weighted by Gasteiger charge is -2.05. The molecule has 0 radical (unpaired) electrons. The third-order valence-corrected chi connectivity index (χ3v) is 4.00. The minimum atomic E-state index is -0.0473. The Kier molecular flexibility index (Phi) is 6.84. The highest BCUT2D eigenvalue weighted by atomic mass is 32.1. The molecule has 4 nitrogen and oxygen atoms in total. The van der Waals surface area contributed by atoms with Crippen molar-refractivity contribution in [3.63, 3.8) is 0 Å². The number of rotatable bonds is 8. The van der Waals surface area contributed by atoms with Gasteiger partial charge in [-0.15, -0.1) is 0 Å². The van der Waals surface area contributed by atoms with Gasteiger partial charge in [-0.1, -0.05) is 50.9 Å². The SMILES string of the molecule is Cc1nc(N)sc1C(=O)NCCCCCCC(C)C. The van der Waals surface area contributed by atoms with Crippen molar-refractivity contribution >= 4 is 22.4 Å². The third-order valence-electron chi connectivity index (χ3n) is 3.01. The van der Waals surface area contributed by atoms with Gasteiger partial charge in [0.1, 0.15) is 4.88 Å². The molecule has 0 spiro atoms. The van der Waals surface area contributed by atoms with Gasteiger partial charge in [-0.2, -0.15) is 0 Å². The van der Waals surface area contributed by atoms with E-state index >= 15 is 0 Å². The van der Waals surface area contributed by atoms with Gasteiger partial charge in [0.15, 0.2) is 5.13 Å². The Balaban J connectivity index is 2.13. The second kappa shape index (κ2) is 8.15. The van der Waals surface area contributed by atoms with Crippen LogP contribution < -0.4 is 11.1 Å². The summed E-state index contributed by atoms with van der Waals surface area (Å²) < 4.78 is 0. The molecule has 3 N–H and O–H groups in total. The van der Waals surface area contributed by atoms with Gasteiger partial charge in [-0.25, -0.2) is 4.98 Å². The van der Waals surface area contributed by atoms with E-state index in [1.54, 1.807) is 0 Å². The smallest absolute Gasteiger partial charge is 0.263 e. The molecule has 0 aromatic carbocycles. The molecule has 5 heteroatoms. The first kappa shape index (κ1) is 16.0. The van der Waals surface area contributed by atoms with Crippen LogP contribution in [0.1, 0.15) is 61.3 Å². The highest BCUT2D eigenvalue weighted by Crippen LogP contribution is 2.19. The number of aromatic nitrogens is 1. The van der Waals surface area contributed by atoms with Crippen LogP contribution in [0.25, 0.3) is 0 Å². The highest BCUT2D eigenvalue weighted by Gasteiger charge is 2.13. The van der Waals surface area contributed by atoms with Gasteiger partial charge >= 0.3 is 0 Å². The maximum absolute atomic E-state index is 11.9. The van der Waals surface area contributed by atoms with Crippen molar-refractivity contribution < 1.29 is 4.79 Å². The van der Waals surface area contributed by atoms with Gasteiger partial charge < -0.3 is 11.1 Å². The molecule has 1 aromatic rings. The Morgan fingerprint density at radius 3 is 2.58 bits per heavy atom. The zero-order chi connectivity index (χ0) is 14.3. The fourth-order valence-electron chi connectivity index (χ4n) is 1.94. The molecule has 19 heavy (non-hydrogen) atoms. The minimum absolute atomic E-state index is 0.0473. The molecular weight excluding hydrogens is 258 g/mol. The maximum atomic E-state index is 11.9. The minimum Gasteiger partial charge on any atom is -0.375 e. The number of nitrogens with zero attached hydrogens (tertiary/aromatic N) is 1. The second-order valence-corrected chi connectivity index (χ2v) is 6.35. The number of nitrogens with two attached hydrogens (primary N) is 1. The number of anilines is 1. The Bertz CT molecular complexity index is 401. The van der Waals surface area contributed by atoms with Gasteiger partial charge in [-0.3, -0.25) is 4.79 Å². The average molecular weight is 283 g/mol. The number of aryl methyl sites for hydroxylation is 1. The lowest BCUT2D eigenvalue weighted by Crippen LogP contribution is -2.24. The van der Waals surface area contributed by atoms with Crippen LogP contribution in [0, 0.1) is 12.8 Å². The summed E-state index contributed by atoms with van der Waals surface area (Å²) in [4.78, 5) is 16.5. The number of carbonyl (C=O) groups excluding carboxylic acids is 1. The number of carbonyl (C=O) groups is 1. The monoisotopic (exact) mass is 283 g/mol. The molecule has 0 atom stereocenters. The Hall–Kier alpha value is -1.10. The summed E-state index contributed by atoms with van der Waals surface area (Å²) in [5, 5.41) is 3.38. The molecule has 0 bridgehead atoms. The normalized spacial score (nSPS) is 10.9. The second-order valence-electron chi connectivity index (χ2n) is 5.32. The molecule has 1 rings (SSSR count). The van der Waals surface area contributed by atoms with Crippen LogP contribution in [0.4, 0.5) is 5.13 Å². The van der Waals surface area contributed by atoms with Gasteiger partial charge in [0.05, 0.1) is 5.69 Å². The number of hydrogen-bond donors (Lipinski definition) is 2. The first-order valence-corrected chi connectivity index (χ1v) is 7.83. The molecule has 1 amide bonds. The van der Waals surface area contributed by atoms with Crippen LogP contribution in [0.5, 0.6) is 0 Å². The van der Waals surface area contributed by atoms with Gasteiger partial charge in [0.25, 0.3) is 5.91 Å². The topological polar surface area (TPSA) is 68.0 Å². The van der Waals surface area contributed by atoms with E-state index in [0.29, 0.717) is 10.0 Å². The molecule has 0 saturated carbocycles. The van der Waals surface area contributed by atoms with Gasteiger partial charge in [0, 0.05) is 6.54 Å². The Labute approximate surface area is 119 Å². The van der Waals surface area contributed by atoms with Crippen molar-refractivity contribution in [3.05, 3.63) is 10.6 Å². The molecule has 108 valence electrons. The number of hydrogen-bond acceptors (Lipinski definition) is 4. The van der Waals surface area contributed by atoms with Crippen LogP contribution >= 0.6 is 11.3 Å². The van der Waals surface area contributed by atoms with Crippen molar-refractivity contribution in [2.75, 3.05) is 12.3 Å². The molecule has 0 aliphatic rings. The van der Waals surface area contributed by atoms with Crippen LogP contribution in [0.3, 0.4) is 0 Å². The summed E-state index contributed by atoms with van der Waals surface area (Å²) in [6, 6.07) is 0. The van der Waals surface area contributed by atoms with Gasteiger partial charge in [-0.05, 0) is 19.3 Å². The molecule has 0 aliphatic carbocycles. The van der Waals surface area contributed by atoms with E-state index in [1.165, 1.54) is 37.0 Å². The highest BCUT2D eigenvalue weighted by molar-refractivity contribution is 7.17. The molecule has 1 aromatic heterocycles. The van der Waals surface area contributed by atoms with Crippen LogP contribution in [-0.2, 0) is 0 Å². The lowest BCUT2D eigenvalue weighted by atomic mass is 10.0. The van der Waals surface area contributed by atoms with Crippen molar-refractivity contribution in [1.29, 1.82) is 0 Å². The summed E-state index contributed by atoms with van der Waals surface area (Å²) in [7, 11) is 0. The van der Waals surface area contributed by atoms with E-state index in [-0.39, 0.29) is 5.91 Å². The fourth-order valence-corrected chi connectivity index (χ4v) is 2.69. The molecule has 1 heterocycles. The van der Waals surface area contributed by atoms with E-state index in [2.05, 4.69) is 24.1 Å². The van der Waals surface area contributed by atoms with Crippen molar-refractivity contribution in [2.24, 2.45) is 5.92 Å². The van der Waals surface area contributed by atoms with E-state index in [4.69, 9.17) is 5.73 Å².